The molecule has 8 heteroatoms. The van der Waals surface area contributed by atoms with E-state index in [9.17, 15) is 4.79 Å². The number of nitrogens with one attached hydrogen (secondary N) is 1. The Bertz CT molecular complexity index is 799. The van der Waals surface area contributed by atoms with Crippen molar-refractivity contribution < 1.29 is 9.53 Å². The van der Waals surface area contributed by atoms with Crippen LogP contribution in [-0.2, 0) is 22.6 Å². The van der Waals surface area contributed by atoms with Crippen LogP contribution in [0.5, 0.6) is 0 Å². The maximum absolute atomic E-state index is 12.4. The van der Waals surface area contributed by atoms with E-state index >= 15 is 0 Å². The highest BCUT2D eigenvalue weighted by Crippen LogP contribution is 2.24. The van der Waals surface area contributed by atoms with Gasteiger partial charge in [-0.25, -0.2) is 9.97 Å². The molecular weight excluding hydrogens is 344 g/mol. The van der Waals surface area contributed by atoms with Crippen molar-refractivity contribution in [1.29, 1.82) is 0 Å². The smallest absolute Gasteiger partial charge is 0.225 e. The fourth-order valence-corrected chi connectivity index (χ4v) is 3.75. The molecule has 146 valence electrons. The zero-order chi connectivity index (χ0) is 18.6. The van der Waals surface area contributed by atoms with Gasteiger partial charge in [0.1, 0.15) is 11.3 Å². The molecule has 2 aromatic rings. The van der Waals surface area contributed by atoms with Gasteiger partial charge >= 0.3 is 0 Å². The minimum atomic E-state index is 0.138. The molecule has 8 nitrogen and oxygen atoms in total. The van der Waals surface area contributed by atoms with Gasteiger partial charge in [-0.1, -0.05) is 6.92 Å². The van der Waals surface area contributed by atoms with Gasteiger partial charge < -0.3 is 24.4 Å². The summed E-state index contributed by atoms with van der Waals surface area (Å²) in [7, 11) is 0. The Hall–Kier alpha value is -2.19. The van der Waals surface area contributed by atoms with Gasteiger partial charge in [0.2, 0.25) is 5.91 Å². The molecule has 0 atom stereocenters. The Kier molecular flexibility index (Phi) is 5.54. The van der Waals surface area contributed by atoms with Crippen molar-refractivity contribution >= 4 is 22.8 Å². The maximum atomic E-state index is 12.4. The van der Waals surface area contributed by atoms with Crippen molar-refractivity contribution in [3.05, 3.63) is 18.1 Å². The zero-order valence-electron chi connectivity index (χ0n) is 16.0. The van der Waals surface area contributed by atoms with Crippen molar-refractivity contribution in [2.24, 2.45) is 0 Å². The van der Waals surface area contributed by atoms with Gasteiger partial charge in [-0.3, -0.25) is 4.79 Å². The molecule has 27 heavy (non-hydrogen) atoms. The maximum Gasteiger partial charge on any atom is 0.225 e. The van der Waals surface area contributed by atoms with Gasteiger partial charge in [-0.05, 0) is 12.5 Å². The summed E-state index contributed by atoms with van der Waals surface area (Å²) in [5, 5.41) is 3.37. The molecule has 0 unspecified atom stereocenters. The third-order valence-electron chi connectivity index (χ3n) is 5.22. The van der Waals surface area contributed by atoms with Gasteiger partial charge in [0.25, 0.3) is 0 Å². The average Bonchev–Trinajstić information content (AvgIpc) is 3.08. The summed E-state index contributed by atoms with van der Waals surface area (Å²) in [6, 6.07) is 2.13. The van der Waals surface area contributed by atoms with Crippen LogP contribution in [0.2, 0.25) is 0 Å². The Morgan fingerprint density at radius 3 is 2.89 bits per heavy atom. The van der Waals surface area contributed by atoms with Crippen LogP contribution >= 0.6 is 0 Å². The molecule has 0 spiro atoms. The SMILES string of the molecule is CCCOCCC(=O)N1CCn2c(nc3cc(N4CCNCC4)cnc32)C1. The number of carbonyl (C=O) groups excluding carboxylic acids is 1. The largest absolute Gasteiger partial charge is 0.381 e. The quantitative estimate of drug-likeness (QED) is 0.763. The average molecular weight is 372 g/mol. The lowest BCUT2D eigenvalue weighted by atomic mass is 10.3. The van der Waals surface area contributed by atoms with Gasteiger partial charge in [0.05, 0.1) is 31.5 Å². The molecule has 0 aliphatic carbocycles. The first-order valence-electron chi connectivity index (χ1n) is 9.92. The second-order valence-electron chi connectivity index (χ2n) is 7.13. The first-order valence-corrected chi connectivity index (χ1v) is 9.92. The van der Waals surface area contributed by atoms with Crippen molar-refractivity contribution in [1.82, 2.24) is 24.8 Å². The number of rotatable bonds is 6. The molecule has 4 rings (SSSR count). The molecule has 4 heterocycles. The molecule has 0 saturated carbocycles. The molecule has 2 aromatic heterocycles. The molecule has 0 aromatic carbocycles. The van der Waals surface area contributed by atoms with Crippen molar-refractivity contribution in [3.63, 3.8) is 0 Å². The van der Waals surface area contributed by atoms with Crippen LogP contribution in [0.4, 0.5) is 5.69 Å². The summed E-state index contributed by atoms with van der Waals surface area (Å²) in [4.78, 5) is 26.1. The molecule has 0 radical (unpaired) electrons. The van der Waals surface area contributed by atoms with E-state index in [0.717, 1.165) is 61.8 Å². The van der Waals surface area contributed by atoms with E-state index in [0.29, 0.717) is 32.7 Å². The van der Waals surface area contributed by atoms with Crippen LogP contribution in [0.15, 0.2) is 12.3 Å². The van der Waals surface area contributed by atoms with Crippen molar-refractivity contribution in [2.75, 3.05) is 50.8 Å². The summed E-state index contributed by atoms with van der Waals surface area (Å²) in [6.07, 6.45) is 3.36. The highest BCUT2D eigenvalue weighted by atomic mass is 16.5. The van der Waals surface area contributed by atoms with Crippen LogP contribution < -0.4 is 10.2 Å². The van der Waals surface area contributed by atoms with Crippen LogP contribution in [-0.4, -0.2) is 71.3 Å². The lowest BCUT2D eigenvalue weighted by Gasteiger charge is -2.29. The Balaban J connectivity index is 1.46. The number of piperazine rings is 1. The first kappa shape index (κ1) is 18.2. The Morgan fingerprint density at radius 1 is 1.22 bits per heavy atom. The predicted octanol–water partition coefficient (Wildman–Crippen LogP) is 1.000. The normalized spacial score (nSPS) is 17.4. The van der Waals surface area contributed by atoms with E-state index in [2.05, 4.69) is 32.8 Å². The Morgan fingerprint density at radius 2 is 2.07 bits per heavy atom. The van der Waals surface area contributed by atoms with Crippen LogP contribution in [0.25, 0.3) is 11.2 Å². The van der Waals surface area contributed by atoms with E-state index in [1.807, 2.05) is 11.1 Å². The number of pyridine rings is 1. The number of ether oxygens (including phenoxy) is 1. The molecule has 0 bridgehead atoms. The number of carbonyl (C=O) groups is 1. The monoisotopic (exact) mass is 372 g/mol. The number of aromatic nitrogens is 3. The highest BCUT2D eigenvalue weighted by molar-refractivity contribution is 5.78. The van der Waals surface area contributed by atoms with Crippen LogP contribution in [0.3, 0.4) is 0 Å². The molecular formula is C19H28N6O2. The van der Waals surface area contributed by atoms with E-state index in [1.165, 1.54) is 0 Å². The topological polar surface area (TPSA) is 75.5 Å². The second-order valence-corrected chi connectivity index (χ2v) is 7.13. The van der Waals surface area contributed by atoms with Crippen molar-refractivity contribution in [3.8, 4) is 0 Å². The third kappa shape index (κ3) is 3.91. The third-order valence-corrected chi connectivity index (χ3v) is 5.22. The van der Waals surface area contributed by atoms with E-state index in [1.54, 1.807) is 0 Å². The second kappa shape index (κ2) is 8.22. The predicted molar refractivity (Wildman–Crippen MR) is 104 cm³/mol. The van der Waals surface area contributed by atoms with E-state index < -0.39 is 0 Å². The van der Waals surface area contributed by atoms with Crippen molar-refractivity contribution in [2.45, 2.75) is 32.9 Å². The van der Waals surface area contributed by atoms with Crippen LogP contribution in [0.1, 0.15) is 25.6 Å². The fraction of sp³-hybridized carbons (Fsp3) is 0.632. The van der Waals surface area contributed by atoms with Gasteiger partial charge in [0, 0.05) is 45.9 Å². The minimum Gasteiger partial charge on any atom is -0.381 e. The summed E-state index contributed by atoms with van der Waals surface area (Å²) in [5.74, 6) is 1.06. The number of imidazole rings is 1. The molecule has 2 aliphatic heterocycles. The summed E-state index contributed by atoms with van der Waals surface area (Å²) >= 11 is 0. The number of amides is 1. The summed E-state index contributed by atoms with van der Waals surface area (Å²) in [6.45, 7) is 9.24. The van der Waals surface area contributed by atoms with E-state index in [-0.39, 0.29) is 5.91 Å². The molecule has 1 N–H and O–H groups in total. The highest BCUT2D eigenvalue weighted by Gasteiger charge is 2.24. The summed E-state index contributed by atoms with van der Waals surface area (Å²) in [5.41, 5.74) is 2.96. The fourth-order valence-electron chi connectivity index (χ4n) is 3.75. The zero-order valence-corrected chi connectivity index (χ0v) is 16.0. The van der Waals surface area contributed by atoms with Crippen LogP contribution in [0, 0.1) is 0 Å². The molecule has 1 saturated heterocycles. The number of hydrogen-bond acceptors (Lipinski definition) is 6. The molecule has 2 aliphatic rings. The molecule has 1 fully saturated rings. The van der Waals surface area contributed by atoms with Gasteiger partial charge in [-0.2, -0.15) is 0 Å². The summed E-state index contributed by atoms with van der Waals surface area (Å²) < 4.78 is 7.59. The number of anilines is 1. The van der Waals surface area contributed by atoms with Gasteiger partial charge in [0.15, 0.2) is 5.65 Å². The lowest BCUT2D eigenvalue weighted by molar-refractivity contribution is -0.133. The first-order chi connectivity index (χ1) is 13.3. The standard InChI is InChI=1S/C19H28N6O2/c1-2-10-27-11-3-18(26)24-8-9-25-17(14-24)22-16-12-15(13-21-19(16)25)23-6-4-20-5-7-23/h12-13,20H,2-11,14H2,1H3. The number of fused-ring (bicyclic) bond motifs is 3. The number of hydrogen-bond donors (Lipinski definition) is 1. The minimum absolute atomic E-state index is 0.138. The van der Waals surface area contributed by atoms with E-state index in [4.69, 9.17) is 9.72 Å². The Labute approximate surface area is 159 Å². The van der Waals surface area contributed by atoms with Gasteiger partial charge in [-0.15, -0.1) is 0 Å². The number of nitrogens with zero attached hydrogens (tertiary/aromatic N) is 5. The lowest BCUT2D eigenvalue weighted by Crippen LogP contribution is -2.43. The molecule has 1 amide bonds.